The van der Waals surface area contributed by atoms with Crippen molar-refractivity contribution in [3.63, 3.8) is 0 Å². The van der Waals surface area contributed by atoms with Crippen molar-refractivity contribution < 1.29 is 9.13 Å². The number of nitrogens with one attached hydrogen (secondary N) is 1. The minimum absolute atomic E-state index is 0.137. The van der Waals surface area contributed by atoms with Gasteiger partial charge in [0.25, 0.3) is 0 Å². The van der Waals surface area contributed by atoms with Gasteiger partial charge in [0, 0.05) is 6.54 Å². The smallest absolute Gasteiger partial charge is 0.160 e. The minimum atomic E-state index is -0.455. The van der Waals surface area contributed by atoms with Crippen molar-refractivity contribution in [3.8, 4) is 17.1 Å². The average Bonchev–Trinajstić information content (AvgIpc) is 2.41. The molecule has 0 spiro atoms. The van der Waals surface area contributed by atoms with Gasteiger partial charge in [0.05, 0.1) is 17.6 Å². The first kappa shape index (κ1) is 11.2. The Hall–Kier alpha value is -1.88. The van der Waals surface area contributed by atoms with Gasteiger partial charge in [-0.1, -0.05) is 11.6 Å². The van der Waals surface area contributed by atoms with E-state index in [0.29, 0.717) is 24.6 Å². The quantitative estimate of drug-likeness (QED) is 0.806. The number of ether oxygens (including phenoxy) is 1. The van der Waals surface area contributed by atoms with Crippen LogP contribution in [0.1, 0.15) is 0 Å². The lowest BCUT2D eigenvalue weighted by atomic mass is 10.2. The van der Waals surface area contributed by atoms with E-state index in [9.17, 15) is 4.39 Å². The molecule has 0 aliphatic carbocycles. The zero-order valence-corrected chi connectivity index (χ0v) is 10.0. The third-order valence-electron chi connectivity index (χ3n) is 2.60. The second-order valence-electron chi connectivity index (χ2n) is 3.81. The van der Waals surface area contributed by atoms with Crippen molar-refractivity contribution in [2.24, 2.45) is 0 Å². The molecule has 1 aliphatic heterocycles. The van der Waals surface area contributed by atoms with Crippen LogP contribution in [0.25, 0.3) is 11.4 Å². The lowest BCUT2D eigenvalue weighted by Crippen LogP contribution is -2.18. The predicted octanol–water partition coefficient (Wildman–Crippen LogP) is 2.74. The molecule has 0 saturated heterocycles. The highest BCUT2D eigenvalue weighted by Gasteiger charge is 2.15. The molecular formula is C12H9ClFN3O. The van der Waals surface area contributed by atoms with Gasteiger partial charge in [0.1, 0.15) is 17.5 Å². The second kappa shape index (κ2) is 4.42. The Labute approximate surface area is 108 Å². The molecular weight excluding hydrogens is 257 g/mol. The molecule has 0 aromatic carbocycles. The number of nitrogens with zero attached hydrogens (tertiary/aromatic N) is 2. The first-order valence-electron chi connectivity index (χ1n) is 5.43. The van der Waals surface area contributed by atoms with E-state index in [-0.39, 0.29) is 10.8 Å². The number of hydrogen-bond donors (Lipinski definition) is 1. The number of pyridine rings is 2. The highest BCUT2D eigenvalue weighted by Crippen LogP contribution is 2.30. The van der Waals surface area contributed by atoms with Crippen molar-refractivity contribution >= 4 is 17.3 Å². The van der Waals surface area contributed by atoms with Gasteiger partial charge in [-0.15, -0.1) is 0 Å². The van der Waals surface area contributed by atoms with Crippen LogP contribution in [-0.2, 0) is 0 Å². The fourth-order valence-electron chi connectivity index (χ4n) is 1.77. The summed E-state index contributed by atoms with van der Waals surface area (Å²) < 4.78 is 19.1. The van der Waals surface area contributed by atoms with Crippen LogP contribution in [0.4, 0.5) is 10.1 Å². The van der Waals surface area contributed by atoms with Crippen LogP contribution in [-0.4, -0.2) is 23.1 Å². The standard InChI is InChI=1S/C12H9ClFN3O/c13-11-2-1-7(14)12(17-11)9-5-8-10(6-16-9)18-4-3-15-8/h1-2,5-6,15H,3-4H2. The van der Waals surface area contributed by atoms with Crippen molar-refractivity contribution in [2.45, 2.75) is 0 Å². The maximum absolute atomic E-state index is 13.7. The molecule has 0 fully saturated rings. The van der Waals surface area contributed by atoms with E-state index in [0.717, 1.165) is 5.69 Å². The lowest BCUT2D eigenvalue weighted by Gasteiger charge is -2.19. The van der Waals surface area contributed by atoms with Gasteiger partial charge in [-0.25, -0.2) is 9.37 Å². The minimum Gasteiger partial charge on any atom is -0.488 e. The van der Waals surface area contributed by atoms with Crippen molar-refractivity contribution in [1.29, 1.82) is 0 Å². The highest BCUT2D eigenvalue weighted by atomic mass is 35.5. The summed E-state index contributed by atoms with van der Waals surface area (Å²) in [6.07, 6.45) is 1.55. The summed E-state index contributed by atoms with van der Waals surface area (Å²) in [5.74, 6) is 0.205. The second-order valence-corrected chi connectivity index (χ2v) is 4.19. The van der Waals surface area contributed by atoms with Crippen LogP contribution in [0.5, 0.6) is 5.75 Å². The molecule has 0 atom stereocenters. The third kappa shape index (κ3) is 1.97. The van der Waals surface area contributed by atoms with Crippen molar-refractivity contribution in [1.82, 2.24) is 9.97 Å². The maximum atomic E-state index is 13.7. The Bertz CT molecular complexity index is 606. The van der Waals surface area contributed by atoms with Crippen LogP contribution in [0, 0.1) is 5.82 Å². The molecule has 3 rings (SSSR count). The molecule has 0 bridgehead atoms. The molecule has 92 valence electrons. The molecule has 2 aromatic heterocycles. The van der Waals surface area contributed by atoms with Gasteiger partial charge < -0.3 is 10.1 Å². The Morgan fingerprint density at radius 2 is 2.28 bits per heavy atom. The number of halogens is 2. The molecule has 0 unspecified atom stereocenters. The lowest BCUT2D eigenvalue weighted by molar-refractivity contribution is 0.322. The number of rotatable bonds is 1. The molecule has 18 heavy (non-hydrogen) atoms. The fraction of sp³-hybridized carbons (Fsp3) is 0.167. The van der Waals surface area contributed by atoms with Crippen LogP contribution in [0.2, 0.25) is 5.15 Å². The summed E-state index contributed by atoms with van der Waals surface area (Å²) in [4.78, 5) is 8.09. The van der Waals surface area contributed by atoms with Gasteiger partial charge in [-0.2, -0.15) is 0 Å². The first-order chi connectivity index (χ1) is 8.74. The van der Waals surface area contributed by atoms with Crippen molar-refractivity contribution in [2.75, 3.05) is 18.5 Å². The average molecular weight is 266 g/mol. The summed E-state index contributed by atoms with van der Waals surface area (Å²) in [6.45, 7) is 1.31. The molecule has 0 amide bonds. The summed E-state index contributed by atoms with van der Waals surface area (Å²) in [5, 5.41) is 3.39. The van der Waals surface area contributed by atoms with E-state index in [1.165, 1.54) is 12.1 Å². The fourth-order valence-corrected chi connectivity index (χ4v) is 1.92. The van der Waals surface area contributed by atoms with E-state index in [2.05, 4.69) is 15.3 Å². The SMILES string of the molecule is Fc1ccc(Cl)nc1-c1cc2c(cn1)OCCN2. The molecule has 1 N–H and O–H groups in total. The third-order valence-corrected chi connectivity index (χ3v) is 2.81. The zero-order chi connectivity index (χ0) is 12.5. The Balaban J connectivity index is 2.09. The van der Waals surface area contributed by atoms with E-state index in [1.54, 1.807) is 12.3 Å². The molecule has 3 heterocycles. The topological polar surface area (TPSA) is 47.0 Å². The molecule has 0 radical (unpaired) electrons. The summed E-state index contributed by atoms with van der Waals surface area (Å²) in [7, 11) is 0. The van der Waals surface area contributed by atoms with Crippen LogP contribution in [0.15, 0.2) is 24.4 Å². The van der Waals surface area contributed by atoms with Crippen LogP contribution >= 0.6 is 11.6 Å². The summed E-state index contributed by atoms with van der Waals surface area (Å²) in [6, 6.07) is 4.38. The molecule has 4 nitrogen and oxygen atoms in total. The Kier molecular flexibility index (Phi) is 2.76. The molecule has 0 saturated carbocycles. The zero-order valence-electron chi connectivity index (χ0n) is 9.28. The summed E-state index contributed by atoms with van der Waals surface area (Å²) >= 11 is 5.76. The number of fused-ring (bicyclic) bond motifs is 1. The van der Waals surface area contributed by atoms with Gasteiger partial charge in [-0.05, 0) is 18.2 Å². The van der Waals surface area contributed by atoms with Crippen LogP contribution < -0.4 is 10.1 Å². The van der Waals surface area contributed by atoms with E-state index >= 15 is 0 Å². The molecule has 1 aliphatic rings. The number of anilines is 1. The normalized spacial score (nSPS) is 13.4. The van der Waals surface area contributed by atoms with Gasteiger partial charge >= 0.3 is 0 Å². The molecule has 6 heteroatoms. The van der Waals surface area contributed by atoms with Crippen molar-refractivity contribution in [3.05, 3.63) is 35.4 Å². The van der Waals surface area contributed by atoms with E-state index < -0.39 is 5.82 Å². The Morgan fingerprint density at radius 1 is 1.39 bits per heavy atom. The van der Waals surface area contributed by atoms with Gasteiger partial charge in [0.15, 0.2) is 11.6 Å². The van der Waals surface area contributed by atoms with Crippen LogP contribution in [0.3, 0.4) is 0 Å². The highest BCUT2D eigenvalue weighted by molar-refractivity contribution is 6.29. The number of hydrogen-bond acceptors (Lipinski definition) is 4. The van der Waals surface area contributed by atoms with Gasteiger partial charge in [-0.3, -0.25) is 4.98 Å². The predicted molar refractivity (Wildman–Crippen MR) is 66.4 cm³/mol. The monoisotopic (exact) mass is 265 g/mol. The van der Waals surface area contributed by atoms with Gasteiger partial charge in [0.2, 0.25) is 0 Å². The summed E-state index contributed by atoms with van der Waals surface area (Å²) in [5.41, 5.74) is 1.34. The first-order valence-corrected chi connectivity index (χ1v) is 5.81. The number of aromatic nitrogens is 2. The molecule has 2 aromatic rings. The maximum Gasteiger partial charge on any atom is 0.160 e. The Morgan fingerprint density at radius 3 is 3.17 bits per heavy atom. The largest absolute Gasteiger partial charge is 0.488 e. The van der Waals surface area contributed by atoms with E-state index in [1.807, 2.05) is 0 Å². The van der Waals surface area contributed by atoms with E-state index in [4.69, 9.17) is 16.3 Å².